The Kier molecular flexibility index (Phi) is 5.57. The summed E-state index contributed by atoms with van der Waals surface area (Å²) < 4.78 is 12.4. The lowest BCUT2D eigenvalue weighted by molar-refractivity contribution is -0.384. The van der Waals surface area contributed by atoms with Gasteiger partial charge in [0.25, 0.3) is 5.69 Å². The van der Waals surface area contributed by atoms with Crippen LogP contribution in [0.4, 0.5) is 5.69 Å². The van der Waals surface area contributed by atoms with Gasteiger partial charge in [-0.3, -0.25) is 15.1 Å². The first-order chi connectivity index (χ1) is 15.1. The van der Waals surface area contributed by atoms with Crippen molar-refractivity contribution in [3.05, 3.63) is 88.4 Å². The fourth-order valence-electron chi connectivity index (χ4n) is 3.10. The van der Waals surface area contributed by atoms with Crippen LogP contribution in [0.5, 0.6) is 5.75 Å². The number of aromatic nitrogens is 3. The molecule has 0 radical (unpaired) electrons. The van der Waals surface area contributed by atoms with Gasteiger partial charge >= 0.3 is 5.97 Å². The highest BCUT2D eigenvalue weighted by Crippen LogP contribution is 2.24. The average Bonchev–Trinajstić information content (AvgIpc) is 3.22. The molecule has 9 nitrogen and oxygen atoms in total. The van der Waals surface area contributed by atoms with Crippen LogP contribution in [0, 0.1) is 10.1 Å². The van der Waals surface area contributed by atoms with E-state index in [1.165, 1.54) is 16.8 Å². The Morgan fingerprint density at radius 2 is 1.90 bits per heavy atom. The predicted molar refractivity (Wildman–Crippen MR) is 112 cm³/mol. The van der Waals surface area contributed by atoms with E-state index in [-0.39, 0.29) is 30.3 Å². The number of para-hydroxylation sites is 1. The molecule has 0 bridgehead atoms. The summed E-state index contributed by atoms with van der Waals surface area (Å²) in [5.41, 5.74) is 2.19. The molecular weight excluding hydrogens is 400 g/mol. The molecule has 9 heteroatoms. The van der Waals surface area contributed by atoms with E-state index < -0.39 is 10.9 Å². The van der Waals surface area contributed by atoms with E-state index in [0.717, 1.165) is 16.5 Å². The molecule has 0 N–H and O–H groups in total. The molecule has 4 aromatic rings. The highest BCUT2D eigenvalue weighted by molar-refractivity contribution is 5.90. The van der Waals surface area contributed by atoms with E-state index in [1.807, 2.05) is 30.3 Å². The minimum Gasteiger partial charge on any atom is -0.485 e. The van der Waals surface area contributed by atoms with Gasteiger partial charge in [0.05, 0.1) is 28.9 Å². The van der Waals surface area contributed by atoms with E-state index in [9.17, 15) is 14.9 Å². The van der Waals surface area contributed by atoms with Gasteiger partial charge in [-0.25, -0.2) is 9.48 Å². The van der Waals surface area contributed by atoms with Crippen LogP contribution in [0.15, 0.2) is 67.0 Å². The first-order valence-corrected chi connectivity index (χ1v) is 9.54. The van der Waals surface area contributed by atoms with Gasteiger partial charge < -0.3 is 9.47 Å². The van der Waals surface area contributed by atoms with Crippen molar-refractivity contribution in [1.29, 1.82) is 0 Å². The van der Waals surface area contributed by atoms with Crippen LogP contribution >= 0.6 is 0 Å². The van der Waals surface area contributed by atoms with Crippen LogP contribution in [-0.2, 0) is 11.3 Å². The molecule has 0 saturated carbocycles. The molecule has 156 valence electrons. The Morgan fingerprint density at radius 1 is 1.13 bits per heavy atom. The summed E-state index contributed by atoms with van der Waals surface area (Å²) in [6.07, 6.45) is 3.26. The summed E-state index contributed by atoms with van der Waals surface area (Å²) in [7, 11) is 0. The number of ether oxygens (including phenoxy) is 2. The van der Waals surface area contributed by atoms with Gasteiger partial charge in [-0.2, -0.15) is 5.10 Å². The number of fused-ring (bicyclic) bond motifs is 1. The molecule has 2 heterocycles. The zero-order valence-electron chi connectivity index (χ0n) is 16.6. The van der Waals surface area contributed by atoms with Crippen LogP contribution < -0.4 is 4.74 Å². The number of esters is 1. The lowest BCUT2D eigenvalue weighted by Gasteiger charge is -2.08. The van der Waals surface area contributed by atoms with Crippen LogP contribution in [0.2, 0.25) is 0 Å². The predicted octanol–water partition coefficient (Wildman–Crippen LogP) is 4.08. The number of pyridine rings is 1. The molecule has 4 rings (SSSR count). The zero-order valence-corrected chi connectivity index (χ0v) is 16.6. The van der Waals surface area contributed by atoms with Gasteiger partial charge in [-0.1, -0.05) is 24.3 Å². The number of nitrogens with zero attached hydrogens (tertiary/aromatic N) is 4. The van der Waals surface area contributed by atoms with Gasteiger partial charge in [0.2, 0.25) is 5.69 Å². The van der Waals surface area contributed by atoms with E-state index >= 15 is 0 Å². The van der Waals surface area contributed by atoms with Crippen LogP contribution in [0.25, 0.3) is 16.6 Å². The van der Waals surface area contributed by atoms with Crippen LogP contribution in [-0.4, -0.2) is 32.3 Å². The second-order valence-corrected chi connectivity index (χ2v) is 6.56. The Labute approximate surface area is 177 Å². The summed E-state index contributed by atoms with van der Waals surface area (Å²) in [6.45, 7) is 2.07. The van der Waals surface area contributed by atoms with E-state index in [0.29, 0.717) is 5.69 Å². The summed E-state index contributed by atoms with van der Waals surface area (Å²) in [5, 5.41) is 16.1. The van der Waals surface area contributed by atoms with Gasteiger partial charge in [0.15, 0.2) is 5.75 Å². The highest BCUT2D eigenvalue weighted by atomic mass is 16.6. The second-order valence-electron chi connectivity index (χ2n) is 6.56. The maximum atomic E-state index is 12.4. The lowest BCUT2D eigenvalue weighted by atomic mass is 10.1. The molecule has 0 unspecified atom stereocenters. The van der Waals surface area contributed by atoms with E-state index in [1.54, 1.807) is 31.5 Å². The summed E-state index contributed by atoms with van der Waals surface area (Å²) in [4.78, 5) is 27.2. The molecule has 0 aliphatic heterocycles. The van der Waals surface area contributed by atoms with Crippen LogP contribution in [0.1, 0.15) is 23.0 Å². The van der Waals surface area contributed by atoms with Crippen molar-refractivity contribution < 1.29 is 19.2 Å². The molecule has 0 amide bonds. The van der Waals surface area contributed by atoms with E-state index in [4.69, 9.17) is 9.47 Å². The monoisotopic (exact) mass is 418 g/mol. The molecule has 31 heavy (non-hydrogen) atoms. The van der Waals surface area contributed by atoms with Crippen molar-refractivity contribution in [2.24, 2.45) is 0 Å². The van der Waals surface area contributed by atoms with Crippen molar-refractivity contribution in [3.8, 4) is 11.4 Å². The number of carbonyl (C=O) groups excluding carboxylic acids is 1. The smallest absolute Gasteiger partial charge is 0.362 e. The molecular formula is C22H18N4O5. The molecule has 0 aliphatic carbocycles. The molecule has 0 aliphatic rings. The summed E-state index contributed by atoms with van der Waals surface area (Å²) in [5.74, 6) is -0.376. The Bertz CT molecular complexity index is 1250. The molecule has 0 spiro atoms. The molecule has 2 aromatic carbocycles. The van der Waals surface area contributed by atoms with Gasteiger partial charge in [0, 0.05) is 29.3 Å². The number of hydrogen-bond donors (Lipinski definition) is 0. The van der Waals surface area contributed by atoms with Gasteiger partial charge in [-0.15, -0.1) is 0 Å². The number of hydrogen-bond acceptors (Lipinski definition) is 7. The Morgan fingerprint density at radius 3 is 2.65 bits per heavy atom. The molecule has 0 atom stereocenters. The zero-order chi connectivity index (χ0) is 21.8. The third kappa shape index (κ3) is 4.20. The van der Waals surface area contributed by atoms with Crippen molar-refractivity contribution in [1.82, 2.24) is 14.8 Å². The Balaban J connectivity index is 1.65. The first kappa shape index (κ1) is 20.0. The molecule has 0 fully saturated rings. The van der Waals surface area contributed by atoms with Gasteiger partial charge in [0.1, 0.15) is 6.61 Å². The molecule has 0 saturated heterocycles. The quantitative estimate of drug-likeness (QED) is 0.253. The maximum absolute atomic E-state index is 12.4. The van der Waals surface area contributed by atoms with Gasteiger partial charge in [-0.05, 0) is 25.1 Å². The third-order valence-corrected chi connectivity index (χ3v) is 4.57. The van der Waals surface area contributed by atoms with Crippen molar-refractivity contribution >= 4 is 22.6 Å². The van der Waals surface area contributed by atoms with Crippen molar-refractivity contribution in [2.45, 2.75) is 13.5 Å². The first-order valence-electron chi connectivity index (χ1n) is 9.54. The third-order valence-electron chi connectivity index (χ3n) is 4.57. The minimum atomic E-state index is -0.616. The van der Waals surface area contributed by atoms with Crippen molar-refractivity contribution in [3.63, 3.8) is 0 Å². The number of nitro groups is 1. The van der Waals surface area contributed by atoms with Crippen LogP contribution in [0.3, 0.4) is 0 Å². The summed E-state index contributed by atoms with van der Waals surface area (Å²) in [6, 6.07) is 15.4. The summed E-state index contributed by atoms with van der Waals surface area (Å²) >= 11 is 0. The lowest BCUT2D eigenvalue weighted by Crippen LogP contribution is -2.08. The SMILES string of the molecule is CCOC(=O)c1nn(-c2ccc([N+](=O)[O-])cc2)cc1OCc1cccc2cccnc12. The largest absolute Gasteiger partial charge is 0.485 e. The number of non-ortho nitro benzene ring substituents is 1. The molecule has 2 aromatic heterocycles. The fourth-order valence-corrected chi connectivity index (χ4v) is 3.10. The number of benzene rings is 2. The minimum absolute atomic E-state index is 0.0217. The number of carbonyl (C=O) groups is 1. The number of nitro benzene ring substituents is 1. The van der Waals surface area contributed by atoms with Crippen molar-refractivity contribution in [2.75, 3.05) is 6.61 Å². The topological polar surface area (TPSA) is 109 Å². The van der Waals surface area contributed by atoms with E-state index in [2.05, 4.69) is 10.1 Å². The fraction of sp³-hybridized carbons (Fsp3) is 0.136. The average molecular weight is 418 g/mol. The Hall–Kier alpha value is -4.27. The second kappa shape index (κ2) is 8.62. The standard InChI is InChI=1S/C22H18N4O5/c1-2-30-22(27)21-19(13-25(24-21)17-8-10-18(11-9-17)26(28)29)31-14-16-6-3-5-15-7-4-12-23-20(15)16/h3-13H,2,14H2,1H3. The maximum Gasteiger partial charge on any atom is 0.362 e. The normalized spacial score (nSPS) is 10.7. The highest BCUT2D eigenvalue weighted by Gasteiger charge is 2.21. The number of rotatable bonds is 7.